The Hall–Kier alpha value is -2.70. The Morgan fingerprint density at radius 3 is 3.19 bits per heavy atom. The van der Waals surface area contributed by atoms with E-state index in [4.69, 9.17) is 4.74 Å². The first-order chi connectivity index (χ1) is 10.3. The molecule has 1 aromatic carbocycles. The van der Waals surface area contributed by atoms with Crippen LogP contribution in [0, 0.1) is 0 Å². The van der Waals surface area contributed by atoms with Crippen LogP contribution in [0.25, 0.3) is 0 Å². The van der Waals surface area contributed by atoms with Crippen LogP contribution in [-0.4, -0.2) is 28.0 Å². The molecular weight excluding hydrogens is 270 g/mol. The molecular formula is C14H17N5O2. The number of H-pyrrole nitrogens is 1. The molecule has 0 fully saturated rings. The average molecular weight is 287 g/mol. The molecule has 0 unspecified atom stereocenters. The van der Waals surface area contributed by atoms with E-state index >= 15 is 0 Å². The van der Waals surface area contributed by atoms with E-state index in [2.05, 4.69) is 32.6 Å². The Kier molecular flexibility index (Phi) is 5.45. The molecule has 21 heavy (non-hydrogen) atoms. The fraction of sp³-hybridized carbons (Fsp3) is 0.286. The van der Waals surface area contributed by atoms with Crippen molar-refractivity contribution in [2.45, 2.75) is 19.8 Å². The normalized spacial score (nSPS) is 10.7. The van der Waals surface area contributed by atoms with Gasteiger partial charge in [0, 0.05) is 0 Å². The van der Waals surface area contributed by atoms with E-state index in [1.807, 2.05) is 24.3 Å². The second-order valence-electron chi connectivity index (χ2n) is 4.33. The molecule has 0 saturated carbocycles. The minimum atomic E-state index is -0.339. The highest BCUT2D eigenvalue weighted by molar-refractivity contribution is 5.80. The Balaban J connectivity index is 1.94. The van der Waals surface area contributed by atoms with Crippen molar-refractivity contribution in [1.82, 2.24) is 15.2 Å². The SMILES string of the molecule is CCCCOc1cccc(/C=N/Nc2nncc(=O)[nH]2)c1. The molecule has 1 aromatic heterocycles. The molecule has 0 amide bonds. The summed E-state index contributed by atoms with van der Waals surface area (Å²) in [5.41, 5.74) is 3.14. The number of aromatic nitrogens is 3. The van der Waals surface area contributed by atoms with Crippen LogP contribution in [-0.2, 0) is 0 Å². The molecule has 2 aromatic rings. The van der Waals surface area contributed by atoms with Gasteiger partial charge in [0.1, 0.15) is 11.9 Å². The summed E-state index contributed by atoms with van der Waals surface area (Å²) < 4.78 is 5.62. The minimum absolute atomic E-state index is 0.189. The molecule has 0 aliphatic heterocycles. The molecule has 2 N–H and O–H groups in total. The smallest absolute Gasteiger partial charge is 0.271 e. The first kappa shape index (κ1) is 14.7. The molecule has 0 radical (unpaired) electrons. The average Bonchev–Trinajstić information content (AvgIpc) is 2.48. The summed E-state index contributed by atoms with van der Waals surface area (Å²) in [5, 5.41) is 11.2. The zero-order chi connectivity index (χ0) is 14.9. The van der Waals surface area contributed by atoms with Crippen molar-refractivity contribution in [1.29, 1.82) is 0 Å². The zero-order valence-electron chi connectivity index (χ0n) is 11.7. The highest BCUT2D eigenvalue weighted by Gasteiger charge is 1.96. The van der Waals surface area contributed by atoms with Gasteiger partial charge < -0.3 is 4.74 Å². The summed E-state index contributed by atoms with van der Waals surface area (Å²) in [6, 6.07) is 7.59. The first-order valence-corrected chi connectivity index (χ1v) is 6.72. The molecule has 0 aliphatic carbocycles. The van der Waals surface area contributed by atoms with E-state index in [0.29, 0.717) is 6.61 Å². The summed E-state index contributed by atoms with van der Waals surface area (Å²) in [5.74, 6) is 0.995. The third-order valence-corrected chi connectivity index (χ3v) is 2.58. The van der Waals surface area contributed by atoms with Gasteiger partial charge in [-0.3, -0.25) is 9.78 Å². The van der Waals surface area contributed by atoms with Gasteiger partial charge in [0.05, 0.1) is 12.8 Å². The molecule has 7 heteroatoms. The number of aromatic amines is 1. The number of hydrogen-bond acceptors (Lipinski definition) is 6. The maximum Gasteiger partial charge on any atom is 0.271 e. The maximum atomic E-state index is 11.0. The molecule has 2 rings (SSSR count). The van der Waals surface area contributed by atoms with Crippen LogP contribution in [0.3, 0.4) is 0 Å². The molecule has 0 saturated heterocycles. The van der Waals surface area contributed by atoms with Crippen molar-refractivity contribution in [3.05, 3.63) is 46.4 Å². The third kappa shape index (κ3) is 5.06. The van der Waals surface area contributed by atoms with Crippen LogP contribution in [0.1, 0.15) is 25.3 Å². The van der Waals surface area contributed by atoms with Crippen LogP contribution in [0.5, 0.6) is 5.75 Å². The molecule has 0 atom stereocenters. The predicted octanol–water partition coefficient (Wildman–Crippen LogP) is 1.79. The third-order valence-electron chi connectivity index (χ3n) is 2.58. The van der Waals surface area contributed by atoms with E-state index in [1.54, 1.807) is 6.21 Å². The summed E-state index contributed by atoms with van der Waals surface area (Å²) >= 11 is 0. The summed E-state index contributed by atoms with van der Waals surface area (Å²) in [7, 11) is 0. The number of ether oxygens (including phenoxy) is 1. The number of nitrogens with zero attached hydrogens (tertiary/aromatic N) is 3. The number of rotatable bonds is 7. The Bertz CT molecular complexity index is 654. The van der Waals surface area contributed by atoms with Crippen molar-refractivity contribution in [3.8, 4) is 5.75 Å². The lowest BCUT2D eigenvalue weighted by molar-refractivity contribution is 0.309. The predicted molar refractivity (Wildman–Crippen MR) is 80.7 cm³/mol. The quantitative estimate of drug-likeness (QED) is 0.460. The molecule has 110 valence electrons. The van der Waals surface area contributed by atoms with E-state index in [-0.39, 0.29) is 11.5 Å². The van der Waals surface area contributed by atoms with Crippen molar-refractivity contribution in [3.63, 3.8) is 0 Å². The van der Waals surface area contributed by atoms with Crippen LogP contribution < -0.4 is 15.7 Å². The number of hydrazone groups is 1. The van der Waals surface area contributed by atoms with Crippen molar-refractivity contribution in [2.24, 2.45) is 5.10 Å². The Morgan fingerprint density at radius 2 is 2.38 bits per heavy atom. The number of benzene rings is 1. The second kappa shape index (κ2) is 7.78. The lowest BCUT2D eigenvalue weighted by atomic mass is 10.2. The summed E-state index contributed by atoms with van der Waals surface area (Å²) in [4.78, 5) is 13.5. The van der Waals surface area contributed by atoms with Crippen LogP contribution in [0.15, 0.2) is 40.4 Å². The monoisotopic (exact) mass is 287 g/mol. The Labute approximate surface area is 122 Å². The van der Waals surface area contributed by atoms with Crippen LogP contribution >= 0.6 is 0 Å². The van der Waals surface area contributed by atoms with Gasteiger partial charge in [-0.25, -0.2) is 5.43 Å². The number of nitrogens with one attached hydrogen (secondary N) is 2. The van der Waals surface area contributed by atoms with Crippen molar-refractivity contribution < 1.29 is 4.74 Å². The Morgan fingerprint density at radius 1 is 1.48 bits per heavy atom. The number of unbranched alkanes of at least 4 members (excludes halogenated alkanes) is 1. The van der Waals surface area contributed by atoms with Gasteiger partial charge in [0.15, 0.2) is 0 Å². The summed E-state index contributed by atoms with van der Waals surface area (Å²) in [6.45, 7) is 2.82. The van der Waals surface area contributed by atoms with Crippen molar-refractivity contribution in [2.75, 3.05) is 12.0 Å². The van der Waals surface area contributed by atoms with Gasteiger partial charge in [-0.15, -0.1) is 10.2 Å². The lowest BCUT2D eigenvalue weighted by Crippen LogP contribution is -2.10. The minimum Gasteiger partial charge on any atom is -0.494 e. The fourth-order valence-corrected chi connectivity index (χ4v) is 1.55. The van der Waals surface area contributed by atoms with Gasteiger partial charge in [-0.2, -0.15) is 5.10 Å². The highest BCUT2D eigenvalue weighted by atomic mass is 16.5. The molecule has 7 nitrogen and oxygen atoms in total. The number of hydrogen-bond donors (Lipinski definition) is 2. The zero-order valence-corrected chi connectivity index (χ0v) is 11.7. The number of anilines is 1. The van der Waals surface area contributed by atoms with Crippen molar-refractivity contribution >= 4 is 12.2 Å². The van der Waals surface area contributed by atoms with Gasteiger partial charge in [-0.05, 0) is 24.1 Å². The highest BCUT2D eigenvalue weighted by Crippen LogP contribution is 2.12. The molecule has 0 bridgehead atoms. The fourth-order valence-electron chi connectivity index (χ4n) is 1.55. The van der Waals surface area contributed by atoms with Gasteiger partial charge in [0.25, 0.3) is 5.56 Å². The maximum absolute atomic E-state index is 11.0. The van der Waals surface area contributed by atoms with Gasteiger partial charge in [-0.1, -0.05) is 25.5 Å². The molecule has 0 aliphatic rings. The van der Waals surface area contributed by atoms with E-state index in [9.17, 15) is 4.79 Å². The van der Waals surface area contributed by atoms with E-state index in [1.165, 1.54) is 0 Å². The second-order valence-corrected chi connectivity index (χ2v) is 4.33. The summed E-state index contributed by atoms with van der Waals surface area (Å²) in [6.07, 6.45) is 4.83. The standard InChI is InChI=1S/C14H17N5O2/c1-2-3-7-21-12-6-4-5-11(8-12)9-15-18-14-17-13(20)10-16-19-14/h4-6,8-10H,2-3,7H2,1H3,(H2,17,18,19,20)/b15-9+. The van der Waals surface area contributed by atoms with Crippen LogP contribution in [0.4, 0.5) is 5.95 Å². The topological polar surface area (TPSA) is 92.3 Å². The molecule has 1 heterocycles. The van der Waals surface area contributed by atoms with Crippen LogP contribution in [0.2, 0.25) is 0 Å². The van der Waals surface area contributed by atoms with Gasteiger partial charge in [0.2, 0.25) is 5.95 Å². The van der Waals surface area contributed by atoms with E-state index < -0.39 is 0 Å². The first-order valence-electron chi connectivity index (χ1n) is 6.72. The largest absolute Gasteiger partial charge is 0.494 e. The lowest BCUT2D eigenvalue weighted by Gasteiger charge is -2.05. The van der Waals surface area contributed by atoms with E-state index in [0.717, 1.165) is 30.4 Å². The molecule has 0 spiro atoms. The van der Waals surface area contributed by atoms with Gasteiger partial charge >= 0.3 is 0 Å².